The molecule has 4 heteroatoms. The van der Waals surface area contributed by atoms with E-state index in [4.69, 9.17) is 9.47 Å². The highest BCUT2D eigenvalue weighted by Crippen LogP contribution is 2.37. The standard InChI is InChI=1S/C24H17NO3/c1-27-16-11-12-20-18(13-16)19(23(25-20)15-7-3-2-4-8-15)14-22-24(26)17-9-5-6-10-21(17)28-22/h2-14,25H,1H3. The van der Waals surface area contributed by atoms with Crippen molar-refractivity contribution in [3.05, 3.63) is 89.7 Å². The Labute approximate surface area is 162 Å². The maximum atomic E-state index is 12.8. The molecule has 4 aromatic rings. The number of aromatic amines is 1. The number of hydrogen-bond donors (Lipinski definition) is 1. The van der Waals surface area contributed by atoms with Crippen LogP contribution in [0.15, 0.2) is 78.6 Å². The minimum absolute atomic E-state index is 0.105. The summed E-state index contributed by atoms with van der Waals surface area (Å²) in [6, 6.07) is 23.2. The monoisotopic (exact) mass is 367 g/mol. The van der Waals surface area contributed by atoms with Gasteiger partial charge in [0.1, 0.15) is 11.5 Å². The number of methoxy groups -OCH3 is 1. The molecule has 136 valence electrons. The number of fused-ring (bicyclic) bond motifs is 2. The van der Waals surface area contributed by atoms with Crippen LogP contribution in [-0.2, 0) is 0 Å². The molecule has 1 aliphatic heterocycles. The van der Waals surface area contributed by atoms with Crippen molar-refractivity contribution in [2.45, 2.75) is 0 Å². The largest absolute Gasteiger partial charge is 0.497 e. The SMILES string of the molecule is COc1ccc2[nH]c(-c3ccccc3)c(C=C3Oc4ccccc4C3=O)c2c1. The van der Waals surface area contributed by atoms with Crippen LogP contribution in [0.4, 0.5) is 0 Å². The molecule has 1 N–H and O–H groups in total. The first kappa shape index (κ1) is 16.4. The average Bonchev–Trinajstić information content (AvgIpc) is 3.26. The Morgan fingerprint density at radius 1 is 0.964 bits per heavy atom. The van der Waals surface area contributed by atoms with E-state index >= 15 is 0 Å². The number of para-hydroxylation sites is 1. The van der Waals surface area contributed by atoms with Gasteiger partial charge in [0.15, 0.2) is 5.76 Å². The number of Topliss-reactive ketones (excluding diaryl/α,β-unsaturated/α-hetero) is 1. The highest BCUT2D eigenvalue weighted by molar-refractivity contribution is 6.15. The fourth-order valence-corrected chi connectivity index (χ4v) is 3.57. The van der Waals surface area contributed by atoms with Crippen molar-refractivity contribution >= 4 is 22.8 Å². The number of hydrogen-bond acceptors (Lipinski definition) is 3. The third-order valence-electron chi connectivity index (χ3n) is 4.96. The molecule has 0 atom stereocenters. The van der Waals surface area contributed by atoms with Gasteiger partial charge in [-0.05, 0) is 42.0 Å². The van der Waals surface area contributed by atoms with Crippen molar-refractivity contribution in [1.29, 1.82) is 0 Å². The molecule has 0 saturated carbocycles. The second-order valence-electron chi connectivity index (χ2n) is 6.63. The van der Waals surface area contributed by atoms with E-state index in [0.29, 0.717) is 17.1 Å². The number of benzene rings is 3. The highest BCUT2D eigenvalue weighted by atomic mass is 16.5. The van der Waals surface area contributed by atoms with Gasteiger partial charge in [-0.1, -0.05) is 42.5 Å². The van der Waals surface area contributed by atoms with Gasteiger partial charge < -0.3 is 14.5 Å². The van der Waals surface area contributed by atoms with Gasteiger partial charge in [0.05, 0.1) is 18.4 Å². The summed E-state index contributed by atoms with van der Waals surface area (Å²) in [6.07, 6.45) is 1.82. The van der Waals surface area contributed by atoms with Gasteiger partial charge in [-0.3, -0.25) is 4.79 Å². The first-order valence-electron chi connectivity index (χ1n) is 9.03. The second kappa shape index (κ2) is 6.43. The number of ether oxygens (including phenoxy) is 2. The smallest absolute Gasteiger partial charge is 0.231 e. The summed E-state index contributed by atoms with van der Waals surface area (Å²) < 4.78 is 11.3. The van der Waals surface area contributed by atoms with Crippen LogP contribution in [0.2, 0.25) is 0 Å². The fourth-order valence-electron chi connectivity index (χ4n) is 3.57. The number of carbonyl (C=O) groups excluding carboxylic acids is 1. The van der Waals surface area contributed by atoms with Crippen LogP contribution in [0.5, 0.6) is 11.5 Å². The van der Waals surface area contributed by atoms with Crippen LogP contribution >= 0.6 is 0 Å². The lowest BCUT2D eigenvalue weighted by atomic mass is 10.0. The third-order valence-corrected chi connectivity index (χ3v) is 4.96. The minimum atomic E-state index is -0.105. The maximum Gasteiger partial charge on any atom is 0.231 e. The van der Waals surface area contributed by atoms with Crippen LogP contribution in [-0.4, -0.2) is 17.9 Å². The summed E-state index contributed by atoms with van der Waals surface area (Å²) in [5.74, 6) is 1.57. The first-order chi connectivity index (χ1) is 13.7. The molecule has 5 rings (SSSR count). The molecule has 1 aliphatic rings. The normalized spacial score (nSPS) is 14.3. The summed E-state index contributed by atoms with van der Waals surface area (Å²) in [5.41, 5.74) is 4.43. The molecule has 0 radical (unpaired) electrons. The Bertz CT molecular complexity index is 1240. The molecule has 3 aromatic carbocycles. The number of ketones is 1. The van der Waals surface area contributed by atoms with Crippen molar-refractivity contribution < 1.29 is 14.3 Å². The highest BCUT2D eigenvalue weighted by Gasteiger charge is 2.27. The molecule has 0 aliphatic carbocycles. The zero-order valence-corrected chi connectivity index (χ0v) is 15.2. The number of carbonyl (C=O) groups is 1. The van der Waals surface area contributed by atoms with E-state index in [9.17, 15) is 4.79 Å². The van der Waals surface area contributed by atoms with E-state index in [-0.39, 0.29) is 5.78 Å². The third kappa shape index (κ3) is 2.58. The lowest BCUT2D eigenvalue weighted by Gasteiger charge is -2.03. The lowest BCUT2D eigenvalue weighted by molar-refractivity contribution is 0.101. The Morgan fingerprint density at radius 3 is 2.54 bits per heavy atom. The fraction of sp³-hybridized carbons (Fsp3) is 0.0417. The van der Waals surface area contributed by atoms with Crippen molar-refractivity contribution in [2.75, 3.05) is 7.11 Å². The van der Waals surface area contributed by atoms with Gasteiger partial charge in [-0.15, -0.1) is 0 Å². The van der Waals surface area contributed by atoms with E-state index in [0.717, 1.165) is 33.5 Å². The van der Waals surface area contributed by atoms with Crippen LogP contribution in [0, 0.1) is 0 Å². The van der Waals surface area contributed by atoms with Gasteiger partial charge >= 0.3 is 0 Å². The summed E-state index contributed by atoms with van der Waals surface area (Å²) in [5, 5.41) is 0.970. The van der Waals surface area contributed by atoms with Crippen LogP contribution in [0.1, 0.15) is 15.9 Å². The molecule has 0 saturated heterocycles. The minimum Gasteiger partial charge on any atom is -0.497 e. The quantitative estimate of drug-likeness (QED) is 0.489. The molecule has 0 amide bonds. The van der Waals surface area contributed by atoms with Crippen LogP contribution in [0.25, 0.3) is 28.2 Å². The molecule has 4 nitrogen and oxygen atoms in total. The van der Waals surface area contributed by atoms with Crippen molar-refractivity contribution in [2.24, 2.45) is 0 Å². The molecular weight excluding hydrogens is 350 g/mol. The predicted molar refractivity (Wildman–Crippen MR) is 110 cm³/mol. The zero-order valence-electron chi connectivity index (χ0n) is 15.2. The Kier molecular flexibility index (Phi) is 3.76. The molecule has 2 heterocycles. The van der Waals surface area contributed by atoms with Gasteiger partial charge in [0.25, 0.3) is 0 Å². The van der Waals surface area contributed by atoms with Gasteiger partial charge in [-0.25, -0.2) is 0 Å². The predicted octanol–water partition coefficient (Wildman–Crippen LogP) is 5.46. The number of aromatic nitrogens is 1. The number of allylic oxidation sites excluding steroid dienone is 1. The number of H-pyrrole nitrogens is 1. The van der Waals surface area contributed by atoms with Gasteiger partial charge in [-0.2, -0.15) is 0 Å². The maximum absolute atomic E-state index is 12.8. The number of rotatable bonds is 3. The van der Waals surface area contributed by atoms with Crippen molar-refractivity contribution in [3.8, 4) is 22.8 Å². The lowest BCUT2D eigenvalue weighted by Crippen LogP contribution is -1.98. The Balaban J connectivity index is 1.73. The Morgan fingerprint density at radius 2 is 1.75 bits per heavy atom. The summed E-state index contributed by atoms with van der Waals surface area (Å²) in [6.45, 7) is 0. The van der Waals surface area contributed by atoms with Gasteiger partial charge in [0.2, 0.25) is 5.78 Å². The van der Waals surface area contributed by atoms with E-state index in [1.165, 1.54) is 0 Å². The summed E-state index contributed by atoms with van der Waals surface area (Å²) in [4.78, 5) is 16.3. The molecule has 1 aromatic heterocycles. The average molecular weight is 367 g/mol. The molecule has 28 heavy (non-hydrogen) atoms. The molecule has 0 spiro atoms. The van der Waals surface area contributed by atoms with E-state index in [2.05, 4.69) is 4.98 Å². The van der Waals surface area contributed by atoms with Crippen molar-refractivity contribution in [1.82, 2.24) is 4.98 Å². The number of nitrogens with one attached hydrogen (secondary N) is 1. The van der Waals surface area contributed by atoms with Crippen LogP contribution < -0.4 is 9.47 Å². The van der Waals surface area contributed by atoms with E-state index in [1.807, 2.05) is 72.8 Å². The molecule has 0 unspecified atom stereocenters. The zero-order chi connectivity index (χ0) is 19.1. The van der Waals surface area contributed by atoms with Crippen LogP contribution in [0.3, 0.4) is 0 Å². The van der Waals surface area contributed by atoms with E-state index in [1.54, 1.807) is 13.2 Å². The van der Waals surface area contributed by atoms with E-state index < -0.39 is 0 Å². The summed E-state index contributed by atoms with van der Waals surface area (Å²) >= 11 is 0. The summed E-state index contributed by atoms with van der Waals surface area (Å²) in [7, 11) is 1.64. The molecule has 0 fully saturated rings. The molecular formula is C24H17NO3. The topological polar surface area (TPSA) is 51.3 Å². The molecule has 0 bridgehead atoms. The first-order valence-corrected chi connectivity index (χ1v) is 9.03. The second-order valence-corrected chi connectivity index (χ2v) is 6.63. The van der Waals surface area contributed by atoms with Gasteiger partial charge in [0, 0.05) is 16.5 Å². The Hall–Kier alpha value is -3.79. The van der Waals surface area contributed by atoms with Crippen molar-refractivity contribution in [3.63, 3.8) is 0 Å².